The number of benzene rings is 1. The monoisotopic (exact) mass is 350 g/mol. The number of hydrazone groups is 1. The van der Waals surface area contributed by atoms with Crippen molar-refractivity contribution in [1.82, 2.24) is 15.3 Å². The lowest BCUT2D eigenvalue weighted by molar-refractivity contribution is 0.203. The second kappa shape index (κ2) is 9.13. The summed E-state index contributed by atoms with van der Waals surface area (Å²) >= 11 is 0. The molecule has 0 aliphatic carbocycles. The van der Waals surface area contributed by atoms with Crippen LogP contribution in [-0.2, 0) is 6.54 Å². The molecule has 1 aromatic heterocycles. The molecular weight excluding hydrogens is 324 g/mol. The van der Waals surface area contributed by atoms with Gasteiger partial charge < -0.3 is 5.32 Å². The summed E-state index contributed by atoms with van der Waals surface area (Å²) in [7, 11) is 0. The fraction of sp³-hybridized carbons (Fsp3) is 0.381. The number of unbranched alkanes of at least 4 members (excludes halogenated alkanes) is 2. The van der Waals surface area contributed by atoms with Crippen molar-refractivity contribution in [2.45, 2.75) is 45.1 Å². The molecule has 1 aliphatic rings. The fourth-order valence-electron chi connectivity index (χ4n) is 3.21. The highest BCUT2D eigenvalue weighted by atomic mass is 16.2. The molecule has 1 aromatic carbocycles. The third-order valence-corrected chi connectivity index (χ3v) is 4.65. The molecule has 1 aliphatic heterocycles. The Labute approximate surface area is 155 Å². The van der Waals surface area contributed by atoms with E-state index < -0.39 is 0 Å². The summed E-state index contributed by atoms with van der Waals surface area (Å²) in [6.07, 6.45) is 7.91. The lowest BCUT2D eigenvalue weighted by atomic mass is 9.92. The van der Waals surface area contributed by atoms with Crippen LogP contribution in [0.15, 0.2) is 60.0 Å². The molecule has 26 heavy (non-hydrogen) atoms. The Morgan fingerprint density at radius 3 is 2.77 bits per heavy atom. The van der Waals surface area contributed by atoms with Gasteiger partial charge in [0.2, 0.25) is 0 Å². The summed E-state index contributed by atoms with van der Waals surface area (Å²) in [6, 6.07) is 14.0. The van der Waals surface area contributed by atoms with E-state index in [1.807, 2.05) is 30.3 Å². The summed E-state index contributed by atoms with van der Waals surface area (Å²) in [5.74, 6) is 0.192. The molecule has 0 bridgehead atoms. The maximum atomic E-state index is 12.6. The zero-order valence-corrected chi connectivity index (χ0v) is 15.3. The Morgan fingerprint density at radius 1 is 1.19 bits per heavy atom. The molecule has 136 valence electrons. The van der Waals surface area contributed by atoms with Crippen LogP contribution in [0.1, 0.15) is 49.7 Å². The highest BCUT2D eigenvalue weighted by Gasteiger charge is 2.30. The standard InChI is InChI=1S/C21H26N4O/c1-2-3-5-12-20-19(18-10-6-4-7-11-18)16-25(24-20)21(26)23-15-17-9-8-13-22-14-17/h4,6-11,13-14,19H,2-3,5,12,15-16H2,1H3,(H,23,26). The predicted molar refractivity (Wildman–Crippen MR) is 104 cm³/mol. The summed E-state index contributed by atoms with van der Waals surface area (Å²) in [4.78, 5) is 16.6. The summed E-state index contributed by atoms with van der Waals surface area (Å²) in [5.41, 5.74) is 3.32. The number of amides is 2. The highest BCUT2D eigenvalue weighted by molar-refractivity contribution is 5.94. The molecule has 2 heterocycles. The average Bonchev–Trinajstić information content (AvgIpc) is 3.12. The zero-order chi connectivity index (χ0) is 18.2. The third kappa shape index (κ3) is 4.69. The lowest BCUT2D eigenvalue weighted by Gasteiger charge is -2.16. The Balaban J connectivity index is 1.66. The molecule has 0 spiro atoms. The van der Waals surface area contributed by atoms with E-state index in [-0.39, 0.29) is 11.9 Å². The predicted octanol–water partition coefficient (Wildman–Crippen LogP) is 4.33. The second-order valence-corrected chi connectivity index (χ2v) is 6.61. The topological polar surface area (TPSA) is 57.6 Å². The van der Waals surface area contributed by atoms with Gasteiger partial charge in [0.1, 0.15) is 0 Å². The van der Waals surface area contributed by atoms with Gasteiger partial charge in [0, 0.05) is 30.6 Å². The minimum atomic E-state index is -0.153. The maximum Gasteiger partial charge on any atom is 0.338 e. The van der Waals surface area contributed by atoms with Gasteiger partial charge in [-0.05, 0) is 30.0 Å². The van der Waals surface area contributed by atoms with Gasteiger partial charge in [0.15, 0.2) is 0 Å². The lowest BCUT2D eigenvalue weighted by Crippen LogP contribution is -2.35. The number of nitrogens with one attached hydrogen (secondary N) is 1. The van der Waals surface area contributed by atoms with Crippen molar-refractivity contribution in [2.75, 3.05) is 6.54 Å². The first kappa shape index (κ1) is 18.1. The van der Waals surface area contributed by atoms with Crippen molar-refractivity contribution >= 4 is 11.7 Å². The zero-order valence-electron chi connectivity index (χ0n) is 15.3. The largest absolute Gasteiger partial charge is 0.338 e. The summed E-state index contributed by atoms with van der Waals surface area (Å²) in [6.45, 7) is 3.26. The van der Waals surface area contributed by atoms with Crippen LogP contribution in [0, 0.1) is 0 Å². The van der Waals surface area contributed by atoms with E-state index >= 15 is 0 Å². The second-order valence-electron chi connectivity index (χ2n) is 6.61. The van der Waals surface area contributed by atoms with E-state index in [0.717, 1.165) is 24.1 Å². The molecule has 5 heteroatoms. The van der Waals surface area contributed by atoms with Crippen molar-refractivity contribution in [3.05, 3.63) is 66.0 Å². The molecule has 0 saturated heterocycles. The van der Waals surface area contributed by atoms with Crippen LogP contribution >= 0.6 is 0 Å². The van der Waals surface area contributed by atoms with Crippen molar-refractivity contribution in [1.29, 1.82) is 0 Å². The molecule has 3 rings (SSSR count). The van der Waals surface area contributed by atoms with Crippen molar-refractivity contribution in [3.8, 4) is 0 Å². The van der Waals surface area contributed by atoms with E-state index in [2.05, 4.69) is 34.5 Å². The SMILES string of the molecule is CCCCCC1=NN(C(=O)NCc2cccnc2)CC1c1ccccc1. The number of hydrogen-bond donors (Lipinski definition) is 1. The van der Waals surface area contributed by atoms with E-state index in [4.69, 9.17) is 0 Å². The normalized spacial score (nSPS) is 16.4. The van der Waals surface area contributed by atoms with Crippen LogP contribution < -0.4 is 5.32 Å². The van der Waals surface area contributed by atoms with Crippen LogP contribution in [-0.4, -0.2) is 28.3 Å². The fourth-order valence-corrected chi connectivity index (χ4v) is 3.21. The van der Waals surface area contributed by atoms with Crippen LogP contribution in [0.2, 0.25) is 0 Å². The first-order valence-corrected chi connectivity index (χ1v) is 9.34. The van der Waals surface area contributed by atoms with Crippen LogP contribution in [0.25, 0.3) is 0 Å². The first-order valence-electron chi connectivity index (χ1n) is 9.34. The third-order valence-electron chi connectivity index (χ3n) is 4.65. The van der Waals surface area contributed by atoms with Gasteiger partial charge in [-0.25, -0.2) is 9.80 Å². The van der Waals surface area contributed by atoms with Crippen molar-refractivity contribution in [3.63, 3.8) is 0 Å². The van der Waals surface area contributed by atoms with Gasteiger partial charge in [-0.2, -0.15) is 5.10 Å². The molecule has 1 N–H and O–H groups in total. The molecule has 5 nitrogen and oxygen atoms in total. The molecule has 1 unspecified atom stereocenters. The number of aromatic nitrogens is 1. The van der Waals surface area contributed by atoms with Crippen LogP contribution in [0.4, 0.5) is 4.79 Å². The number of rotatable bonds is 7. The van der Waals surface area contributed by atoms with Gasteiger partial charge >= 0.3 is 6.03 Å². The summed E-state index contributed by atoms with van der Waals surface area (Å²) < 4.78 is 0. The van der Waals surface area contributed by atoms with Crippen molar-refractivity contribution in [2.24, 2.45) is 5.10 Å². The number of urea groups is 1. The molecule has 0 saturated carbocycles. The van der Waals surface area contributed by atoms with E-state index in [0.29, 0.717) is 13.1 Å². The van der Waals surface area contributed by atoms with Gasteiger partial charge in [-0.1, -0.05) is 56.2 Å². The minimum Gasteiger partial charge on any atom is -0.332 e. The van der Waals surface area contributed by atoms with E-state index in [1.54, 1.807) is 17.4 Å². The van der Waals surface area contributed by atoms with Crippen LogP contribution in [0.5, 0.6) is 0 Å². The Morgan fingerprint density at radius 2 is 2.04 bits per heavy atom. The molecule has 0 radical (unpaired) electrons. The van der Waals surface area contributed by atoms with E-state index in [1.165, 1.54) is 18.4 Å². The quantitative estimate of drug-likeness (QED) is 0.756. The average molecular weight is 350 g/mol. The number of carbonyl (C=O) groups excluding carboxylic acids is 1. The van der Waals surface area contributed by atoms with Crippen molar-refractivity contribution < 1.29 is 4.79 Å². The van der Waals surface area contributed by atoms with Crippen LogP contribution in [0.3, 0.4) is 0 Å². The molecule has 2 aromatic rings. The number of nitrogens with zero attached hydrogens (tertiary/aromatic N) is 3. The molecule has 0 fully saturated rings. The Hall–Kier alpha value is -2.69. The molecular formula is C21H26N4O. The Bertz CT molecular complexity index is 730. The van der Waals surface area contributed by atoms with Gasteiger partial charge in [-0.15, -0.1) is 0 Å². The molecule has 1 atom stereocenters. The number of hydrogen-bond acceptors (Lipinski definition) is 3. The smallest absolute Gasteiger partial charge is 0.332 e. The van der Waals surface area contributed by atoms with Gasteiger partial charge in [0.25, 0.3) is 0 Å². The molecule has 2 amide bonds. The highest BCUT2D eigenvalue weighted by Crippen LogP contribution is 2.27. The first-order chi connectivity index (χ1) is 12.8. The minimum absolute atomic E-state index is 0.153. The van der Waals surface area contributed by atoms with E-state index in [9.17, 15) is 4.79 Å². The Kier molecular flexibility index (Phi) is 6.36. The number of pyridine rings is 1. The summed E-state index contributed by atoms with van der Waals surface area (Å²) in [5, 5.41) is 9.17. The van der Waals surface area contributed by atoms with Gasteiger partial charge in [-0.3, -0.25) is 4.98 Å². The maximum absolute atomic E-state index is 12.6. The van der Waals surface area contributed by atoms with Gasteiger partial charge in [0.05, 0.1) is 6.54 Å². The number of carbonyl (C=O) groups is 1.